The number of amides is 1. The van der Waals surface area contributed by atoms with E-state index in [0.29, 0.717) is 5.56 Å². The molecular weight excluding hydrogens is 258 g/mol. The Morgan fingerprint density at radius 1 is 1.53 bits per heavy atom. The van der Waals surface area contributed by atoms with E-state index in [2.05, 4.69) is 15.6 Å². The molecule has 19 heavy (non-hydrogen) atoms. The van der Waals surface area contributed by atoms with Crippen LogP contribution in [0.2, 0.25) is 0 Å². The van der Waals surface area contributed by atoms with Gasteiger partial charge < -0.3 is 10.6 Å². The molecule has 1 aliphatic heterocycles. The average Bonchev–Trinajstić information content (AvgIpc) is 3.09. The Hall–Kier alpha value is -1.88. The maximum Gasteiger partial charge on any atom is 0.251 e. The minimum Gasteiger partial charge on any atom is -0.384 e. The lowest BCUT2D eigenvalue weighted by atomic mass is 10.1. The molecule has 0 fully saturated rings. The summed E-state index contributed by atoms with van der Waals surface area (Å²) >= 11 is 1.55. The second-order valence-corrected chi connectivity index (χ2v) is 5.54. The number of anilines is 1. The molecule has 0 aliphatic carbocycles. The molecule has 4 nitrogen and oxygen atoms in total. The summed E-state index contributed by atoms with van der Waals surface area (Å²) in [6.07, 6.45) is 2.79. The summed E-state index contributed by atoms with van der Waals surface area (Å²) in [5, 5.41) is 9.09. The van der Waals surface area contributed by atoms with E-state index in [-0.39, 0.29) is 11.9 Å². The van der Waals surface area contributed by atoms with Gasteiger partial charge in [-0.1, -0.05) is 6.07 Å². The van der Waals surface area contributed by atoms with Crippen LogP contribution >= 0.6 is 11.3 Å². The normalized spacial score (nSPS) is 14.6. The lowest BCUT2D eigenvalue weighted by molar-refractivity contribution is 0.0940. The van der Waals surface area contributed by atoms with Gasteiger partial charge in [0.05, 0.1) is 6.04 Å². The fourth-order valence-corrected chi connectivity index (χ4v) is 2.87. The topological polar surface area (TPSA) is 54.0 Å². The Kier molecular flexibility index (Phi) is 3.21. The van der Waals surface area contributed by atoms with Crippen LogP contribution in [0.25, 0.3) is 0 Å². The molecule has 5 heteroatoms. The molecule has 2 N–H and O–H groups in total. The summed E-state index contributed by atoms with van der Waals surface area (Å²) in [6, 6.07) is 5.77. The van der Waals surface area contributed by atoms with Gasteiger partial charge in [-0.3, -0.25) is 4.79 Å². The Morgan fingerprint density at radius 3 is 3.21 bits per heavy atom. The van der Waals surface area contributed by atoms with Crippen LogP contribution in [-0.2, 0) is 6.42 Å². The van der Waals surface area contributed by atoms with E-state index in [4.69, 9.17) is 0 Å². The molecule has 0 bridgehead atoms. The van der Waals surface area contributed by atoms with E-state index < -0.39 is 0 Å². The number of hydrogen-bond donors (Lipinski definition) is 2. The molecular formula is C14H15N3OS. The lowest BCUT2D eigenvalue weighted by Gasteiger charge is -2.12. The van der Waals surface area contributed by atoms with Crippen molar-refractivity contribution in [3.63, 3.8) is 0 Å². The van der Waals surface area contributed by atoms with Crippen molar-refractivity contribution in [1.82, 2.24) is 10.3 Å². The van der Waals surface area contributed by atoms with E-state index >= 15 is 0 Å². The van der Waals surface area contributed by atoms with Gasteiger partial charge in [0.2, 0.25) is 0 Å². The third-order valence-electron chi connectivity index (χ3n) is 3.25. The van der Waals surface area contributed by atoms with E-state index in [9.17, 15) is 4.79 Å². The van der Waals surface area contributed by atoms with Crippen molar-refractivity contribution < 1.29 is 4.79 Å². The third kappa shape index (κ3) is 2.46. The van der Waals surface area contributed by atoms with Crippen molar-refractivity contribution >= 4 is 22.9 Å². The monoisotopic (exact) mass is 273 g/mol. The number of aromatic nitrogens is 1. The van der Waals surface area contributed by atoms with Gasteiger partial charge in [0.1, 0.15) is 5.01 Å². The number of nitrogens with zero attached hydrogens (tertiary/aromatic N) is 1. The zero-order valence-corrected chi connectivity index (χ0v) is 11.5. The standard InChI is InChI=1S/C14H15N3OS/c1-9(14-16-6-7-19-14)17-13(18)11-3-2-10-4-5-15-12(10)8-11/h2-3,6-9,15H,4-5H2,1H3,(H,17,18). The number of fused-ring (bicyclic) bond motifs is 1. The van der Waals surface area contributed by atoms with Crippen molar-refractivity contribution in [2.24, 2.45) is 0 Å². The van der Waals surface area contributed by atoms with Gasteiger partial charge in [-0.15, -0.1) is 11.3 Å². The molecule has 0 saturated carbocycles. The highest BCUT2D eigenvalue weighted by Crippen LogP contribution is 2.23. The van der Waals surface area contributed by atoms with Crippen molar-refractivity contribution in [3.8, 4) is 0 Å². The first-order valence-electron chi connectivity index (χ1n) is 6.31. The molecule has 98 valence electrons. The number of benzene rings is 1. The van der Waals surface area contributed by atoms with Crippen LogP contribution in [0.1, 0.15) is 33.9 Å². The highest BCUT2D eigenvalue weighted by Gasteiger charge is 2.16. The molecule has 1 unspecified atom stereocenters. The Balaban J connectivity index is 1.74. The number of thiazole rings is 1. The molecule has 1 amide bonds. The fraction of sp³-hybridized carbons (Fsp3) is 0.286. The van der Waals surface area contributed by atoms with Gasteiger partial charge >= 0.3 is 0 Å². The number of hydrogen-bond acceptors (Lipinski definition) is 4. The minimum absolute atomic E-state index is 0.0563. The predicted octanol–water partition coefficient (Wildman–Crippen LogP) is 2.60. The summed E-state index contributed by atoms with van der Waals surface area (Å²) in [4.78, 5) is 16.4. The predicted molar refractivity (Wildman–Crippen MR) is 76.6 cm³/mol. The van der Waals surface area contributed by atoms with Gasteiger partial charge in [0.15, 0.2) is 0 Å². The van der Waals surface area contributed by atoms with Crippen molar-refractivity contribution in [1.29, 1.82) is 0 Å². The van der Waals surface area contributed by atoms with Crippen LogP contribution in [0, 0.1) is 0 Å². The molecule has 2 heterocycles. The van der Waals surface area contributed by atoms with Crippen LogP contribution in [-0.4, -0.2) is 17.4 Å². The SMILES string of the molecule is CC(NC(=O)c1ccc2c(c1)NCC2)c1nccs1. The quantitative estimate of drug-likeness (QED) is 0.904. The first-order valence-corrected chi connectivity index (χ1v) is 7.19. The molecule has 1 aromatic carbocycles. The van der Waals surface area contributed by atoms with Crippen LogP contribution in [0.3, 0.4) is 0 Å². The van der Waals surface area contributed by atoms with Gasteiger partial charge in [-0.2, -0.15) is 0 Å². The van der Waals surface area contributed by atoms with Gasteiger partial charge in [0, 0.05) is 29.4 Å². The van der Waals surface area contributed by atoms with E-state index in [0.717, 1.165) is 23.7 Å². The van der Waals surface area contributed by atoms with Crippen LogP contribution in [0.5, 0.6) is 0 Å². The summed E-state index contributed by atoms with van der Waals surface area (Å²) in [6.45, 7) is 2.90. The van der Waals surface area contributed by atoms with Gasteiger partial charge in [0.25, 0.3) is 5.91 Å². The molecule has 1 aliphatic rings. The van der Waals surface area contributed by atoms with Crippen LogP contribution in [0.15, 0.2) is 29.8 Å². The second-order valence-electron chi connectivity index (χ2n) is 4.61. The van der Waals surface area contributed by atoms with Crippen molar-refractivity contribution in [2.75, 3.05) is 11.9 Å². The molecule has 0 spiro atoms. The van der Waals surface area contributed by atoms with Crippen LogP contribution in [0.4, 0.5) is 5.69 Å². The largest absolute Gasteiger partial charge is 0.384 e. The average molecular weight is 273 g/mol. The number of carbonyl (C=O) groups excluding carboxylic acids is 1. The number of nitrogens with one attached hydrogen (secondary N) is 2. The Bertz CT molecular complexity index is 595. The molecule has 1 aromatic heterocycles. The fourth-order valence-electron chi connectivity index (χ4n) is 2.22. The molecule has 1 atom stereocenters. The van der Waals surface area contributed by atoms with E-state index in [1.807, 2.05) is 30.5 Å². The first kappa shape index (κ1) is 12.2. The summed E-state index contributed by atoms with van der Waals surface area (Å²) in [7, 11) is 0. The molecule has 3 rings (SSSR count). The molecule has 2 aromatic rings. The number of rotatable bonds is 3. The van der Waals surface area contributed by atoms with E-state index in [1.54, 1.807) is 17.5 Å². The molecule has 0 saturated heterocycles. The lowest BCUT2D eigenvalue weighted by Crippen LogP contribution is -2.26. The second kappa shape index (κ2) is 5.01. The third-order valence-corrected chi connectivity index (χ3v) is 4.21. The van der Waals surface area contributed by atoms with Crippen molar-refractivity contribution in [2.45, 2.75) is 19.4 Å². The highest BCUT2D eigenvalue weighted by atomic mass is 32.1. The molecule has 0 radical (unpaired) electrons. The maximum atomic E-state index is 12.2. The van der Waals surface area contributed by atoms with E-state index in [1.165, 1.54) is 5.56 Å². The van der Waals surface area contributed by atoms with Gasteiger partial charge in [-0.25, -0.2) is 4.98 Å². The summed E-state index contributed by atoms with van der Waals surface area (Å²) < 4.78 is 0. The maximum absolute atomic E-state index is 12.2. The zero-order valence-electron chi connectivity index (χ0n) is 10.6. The minimum atomic E-state index is -0.0614. The summed E-state index contributed by atoms with van der Waals surface area (Å²) in [5.41, 5.74) is 3.05. The van der Waals surface area contributed by atoms with Gasteiger partial charge in [-0.05, 0) is 31.0 Å². The first-order chi connectivity index (χ1) is 9.24. The Morgan fingerprint density at radius 2 is 2.42 bits per heavy atom. The highest BCUT2D eigenvalue weighted by molar-refractivity contribution is 7.09. The summed E-state index contributed by atoms with van der Waals surface area (Å²) in [5.74, 6) is -0.0563. The number of carbonyl (C=O) groups is 1. The smallest absolute Gasteiger partial charge is 0.251 e. The van der Waals surface area contributed by atoms with Crippen molar-refractivity contribution in [3.05, 3.63) is 45.9 Å². The zero-order chi connectivity index (χ0) is 13.2. The Labute approximate surface area is 115 Å². The van der Waals surface area contributed by atoms with Crippen LogP contribution < -0.4 is 10.6 Å².